The SMILES string of the molecule is COc1ccc(C(=O)[C@H](C)OC(=O)[C@H]2CC(=O)N(C3CCCC3)C2)cc1. The molecule has 1 saturated carbocycles. The van der Waals surface area contributed by atoms with Crippen molar-refractivity contribution in [2.75, 3.05) is 13.7 Å². The molecule has 3 rings (SSSR count). The van der Waals surface area contributed by atoms with Gasteiger partial charge in [-0.3, -0.25) is 14.4 Å². The van der Waals surface area contributed by atoms with Crippen LogP contribution in [0.15, 0.2) is 24.3 Å². The molecule has 2 aliphatic rings. The van der Waals surface area contributed by atoms with Crippen LogP contribution < -0.4 is 4.74 Å². The minimum atomic E-state index is -0.883. The third kappa shape index (κ3) is 3.89. The summed E-state index contributed by atoms with van der Waals surface area (Å²) in [7, 11) is 1.55. The lowest BCUT2D eigenvalue weighted by molar-refractivity contribution is -0.151. The molecular weight excluding hydrogens is 334 g/mol. The molecule has 1 saturated heterocycles. The number of Topliss-reactive ketones (excluding diaryl/α,β-unsaturated/α-hetero) is 1. The van der Waals surface area contributed by atoms with Crippen LogP contribution in [-0.2, 0) is 14.3 Å². The fourth-order valence-corrected chi connectivity index (χ4v) is 3.77. The average Bonchev–Trinajstić information content (AvgIpc) is 3.30. The van der Waals surface area contributed by atoms with Crippen LogP contribution in [0, 0.1) is 5.92 Å². The number of rotatable bonds is 6. The lowest BCUT2D eigenvalue weighted by Gasteiger charge is -2.24. The number of esters is 1. The Balaban J connectivity index is 1.56. The van der Waals surface area contributed by atoms with Crippen molar-refractivity contribution in [1.82, 2.24) is 4.90 Å². The van der Waals surface area contributed by atoms with Gasteiger partial charge in [0.05, 0.1) is 13.0 Å². The highest BCUT2D eigenvalue weighted by Crippen LogP contribution is 2.30. The fourth-order valence-electron chi connectivity index (χ4n) is 3.77. The van der Waals surface area contributed by atoms with Crippen LogP contribution in [0.1, 0.15) is 49.4 Å². The third-order valence-corrected chi connectivity index (χ3v) is 5.29. The minimum absolute atomic E-state index is 0.0213. The number of nitrogens with zero attached hydrogens (tertiary/aromatic N) is 1. The van der Waals surface area contributed by atoms with Crippen LogP contribution >= 0.6 is 0 Å². The smallest absolute Gasteiger partial charge is 0.311 e. The van der Waals surface area contributed by atoms with E-state index in [-0.39, 0.29) is 24.2 Å². The Morgan fingerprint density at radius 1 is 1.15 bits per heavy atom. The van der Waals surface area contributed by atoms with E-state index in [0.29, 0.717) is 17.9 Å². The Kier molecular flexibility index (Phi) is 5.59. The highest BCUT2D eigenvalue weighted by atomic mass is 16.5. The molecule has 1 aromatic carbocycles. The topological polar surface area (TPSA) is 72.9 Å². The number of benzene rings is 1. The van der Waals surface area contributed by atoms with Crippen LogP contribution in [0.2, 0.25) is 0 Å². The second-order valence-electron chi connectivity index (χ2n) is 7.06. The van der Waals surface area contributed by atoms with Crippen molar-refractivity contribution < 1.29 is 23.9 Å². The van der Waals surface area contributed by atoms with Crippen molar-refractivity contribution in [3.8, 4) is 5.75 Å². The van der Waals surface area contributed by atoms with E-state index in [0.717, 1.165) is 25.7 Å². The molecule has 6 heteroatoms. The van der Waals surface area contributed by atoms with Gasteiger partial charge in [-0.25, -0.2) is 0 Å². The van der Waals surface area contributed by atoms with Crippen molar-refractivity contribution in [3.05, 3.63) is 29.8 Å². The number of hydrogen-bond acceptors (Lipinski definition) is 5. The first-order chi connectivity index (χ1) is 12.5. The molecule has 0 unspecified atom stereocenters. The summed E-state index contributed by atoms with van der Waals surface area (Å²) in [6.45, 7) is 1.97. The molecule has 26 heavy (non-hydrogen) atoms. The molecular formula is C20H25NO5. The minimum Gasteiger partial charge on any atom is -0.497 e. The molecule has 6 nitrogen and oxygen atoms in total. The zero-order chi connectivity index (χ0) is 18.7. The molecule has 1 aliphatic carbocycles. The quantitative estimate of drug-likeness (QED) is 0.577. The molecule has 0 bridgehead atoms. The lowest BCUT2D eigenvalue weighted by atomic mass is 10.1. The van der Waals surface area contributed by atoms with E-state index in [1.807, 2.05) is 4.90 Å². The number of methoxy groups -OCH3 is 1. The summed E-state index contributed by atoms with van der Waals surface area (Å²) in [5.74, 6) is -0.531. The summed E-state index contributed by atoms with van der Waals surface area (Å²) in [6.07, 6.45) is 3.60. The monoisotopic (exact) mass is 359 g/mol. The second kappa shape index (κ2) is 7.89. The number of likely N-dealkylation sites (tertiary alicyclic amines) is 1. The third-order valence-electron chi connectivity index (χ3n) is 5.29. The standard InChI is InChI=1S/C20H25NO5/c1-13(19(23)14-7-9-17(25-2)10-8-14)26-20(24)15-11-18(22)21(12-15)16-5-3-4-6-16/h7-10,13,15-16H,3-6,11-12H2,1-2H3/t13-,15-/m0/s1. The maximum atomic E-state index is 12.4. The van der Waals surface area contributed by atoms with Gasteiger partial charge in [-0.15, -0.1) is 0 Å². The predicted octanol–water partition coefficient (Wildman–Crippen LogP) is 2.60. The molecule has 1 heterocycles. The lowest BCUT2D eigenvalue weighted by Crippen LogP contribution is -2.35. The summed E-state index contributed by atoms with van der Waals surface area (Å²) in [6, 6.07) is 6.94. The number of carbonyl (C=O) groups excluding carboxylic acids is 3. The van der Waals surface area contributed by atoms with Gasteiger partial charge in [-0.2, -0.15) is 0 Å². The van der Waals surface area contributed by atoms with Crippen molar-refractivity contribution >= 4 is 17.7 Å². The van der Waals surface area contributed by atoms with E-state index in [1.54, 1.807) is 38.3 Å². The highest BCUT2D eigenvalue weighted by Gasteiger charge is 2.40. The number of ketones is 1. The number of carbonyl (C=O) groups is 3. The Morgan fingerprint density at radius 3 is 2.42 bits per heavy atom. The van der Waals surface area contributed by atoms with Crippen LogP contribution in [0.3, 0.4) is 0 Å². The van der Waals surface area contributed by atoms with Gasteiger partial charge in [0.1, 0.15) is 5.75 Å². The summed E-state index contributed by atoms with van der Waals surface area (Å²) in [4.78, 5) is 38.9. The van der Waals surface area contributed by atoms with Crippen molar-refractivity contribution in [2.45, 2.75) is 51.2 Å². The van der Waals surface area contributed by atoms with Gasteiger partial charge < -0.3 is 14.4 Å². The van der Waals surface area contributed by atoms with Gasteiger partial charge in [0, 0.05) is 24.6 Å². The Hall–Kier alpha value is -2.37. The molecule has 0 spiro atoms. The van der Waals surface area contributed by atoms with E-state index >= 15 is 0 Å². The molecule has 1 aliphatic heterocycles. The first kappa shape index (κ1) is 18.4. The second-order valence-corrected chi connectivity index (χ2v) is 7.06. The summed E-state index contributed by atoms with van der Waals surface area (Å²) in [5.41, 5.74) is 0.459. The zero-order valence-electron chi connectivity index (χ0n) is 15.3. The normalized spacial score (nSPS) is 21.7. The van der Waals surface area contributed by atoms with E-state index in [1.165, 1.54) is 0 Å². The first-order valence-electron chi connectivity index (χ1n) is 9.18. The molecule has 1 amide bonds. The van der Waals surface area contributed by atoms with Crippen LogP contribution in [0.4, 0.5) is 0 Å². The van der Waals surface area contributed by atoms with E-state index in [9.17, 15) is 14.4 Å². The van der Waals surface area contributed by atoms with E-state index in [2.05, 4.69) is 0 Å². The van der Waals surface area contributed by atoms with Crippen molar-refractivity contribution in [3.63, 3.8) is 0 Å². The molecule has 0 N–H and O–H groups in total. The maximum absolute atomic E-state index is 12.4. The molecule has 0 radical (unpaired) electrons. The Bertz CT molecular complexity index is 678. The Morgan fingerprint density at radius 2 is 1.81 bits per heavy atom. The van der Waals surface area contributed by atoms with Crippen LogP contribution in [0.25, 0.3) is 0 Å². The fraction of sp³-hybridized carbons (Fsp3) is 0.550. The van der Waals surface area contributed by atoms with E-state index < -0.39 is 18.0 Å². The molecule has 140 valence electrons. The average molecular weight is 359 g/mol. The van der Waals surface area contributed by atoms with Gasteiger partial charge in [-0.1, -0.05) is 12.8 Å². The van der Waals surface area contributed by atoms with Gasteiger partial charge in [0.25, 0.3) is 0 Å². The van der Waals surface area contributed by atoms with Crippen molar-refractivity contribution in [2.24, 2.45) is 5.92 Å². The molecule has 1 aromatic rings. The van der Waals surface area contributed by atoms with Crippen molar-refractivity contribution in [1.29, 1.82) is 0 Å². The van der Waals surface area contributed by atoms with Gasteiger partial charge in [0.2, 0.25) is 11.7 Å². The molecule has 2 fully saturated rings. The summed E-state index contributed by atoms with van der Waals surface area (Å²) < 4.78 is 10.4. The van der Waals surface area contributed by atoms with Gasteiger partial charge in [0.15, 0.2) is 6.10 Å². The summed E-state index contributed by atoms with van der Waals surface area (Å²) >= 11 is 0. The first-order valence-corrected chi connectivity index (χ1v) is 9.18. The highest BCUT2D eigenvalue weighted by molar-refractivity contribution is 6.00. The predicted molar refractivity (Wildman–Crippen MR) is 95.0 cm³/mol. The van der Waals surface area contributed by atoms with E-state index in [4.69, 9.17) is 9.47 Å². The Labute approximate surface area is 153 Å². The van der Waals surface area contributed by atoms with Gasteiger partial charge in [-0.05, 0) is 44.0 Å². The van der Waals surface area contributed by atoms with Gasteiger partial charge >= 0.3 is 5.97 Å². The largest absolute Gasteiger partial charge is 0.497 e. The van der Waals surface area contributed by atoms with Crippen LogP contribution in [0.5, 0.6) is 5.75 Å². The summed E-state index contributed by atoms with van der Waals surface area (Å²) in [5, 5.41) is 0. The maximum Gasteiger partial charge on any atom is 0.311 e. The zero-order valence-corrected chi connectivity index (χ0v) is 15.3. The molecule has 2 atom stereocenters. The number of ether oxygens (including phenoxy) is 2. The number of amides is 1. The number of hydrogen-bond donors (Lipinski definition) is 0. The molecule has 0 aromatic heterocycles. The van der Waals surface area contributed by atoms with Crippen LogP contribution in [-0.4, -0.2) is 48.4 Å².